The van der Waals surface area contributed by atoms with E-state index in [9.17, 15) is 9.59 Å². The van der Waals surface area contributed by atoms with Gasteiger partial charge in [0.1, 0.15) is 11.2 Å². The van der Waals surface area contributed by atoms with Crippen molar-refractivity contribution in [2.24, 2.45) is 0 Å². The first-order valence-electron chi connectivity index (χ1n) is 8.40. The van der Waals surface area contributed by atoms with E-state index in [1.165, 1.54) is 23.7 Å². The largest absolute Gasteiger partial charge is 0.469 e. The number of benzene rings is 1. The van der Waals surface area contributed by atoms with Crippen LogP contribution in [0.4, 0.5) is 5.69 Å². The van der Waals surface area contributed by atoms with E-state index in [2.05, 4.69) is 15.3 Å². The Balaban J connectivity index is 1.50. The van der Waals surface area contributed by atoms with Crippen LogP contribution in [0.25, 0.3) is 10.2 Å². The molecule has 26 heavy (non-hydrogen) atoms. The summed E-state index contributed by atoms with van der Waals surface area (Å²) in [5, 5.41) is 3.63. The molecule has 132 valence electrons. The maximum absolute atomic E-state index is 12.4. The van der Waals surface area contributed by atoms with Crippen LogP contribution in [-0.2, 0) is 17.6 Å². The maximum atomic E-state index is 12.4. The van der Waals surface area contributed by atoms with Crippen molar-refractivity contribution in [3.05, 3.63) is 46.6 Å². The number of hydrogen-bond acceptors (Lipinski definition) is 6. The summed E-state index contributed by atoms with van der Waals surface area (Å²) in [5.41, 5.74) is 2.45. The standard InChI is InChI=1S/C19H17N3O3S/c1-11(23)22-13-7-5-12(6-8-13)15(24)9-25-18-17-14-3-2-4-16(14)26-19(17)21-10-20-18/h5-8,10H,2-4,9H2,1H3,(H,22,23). The van der Waals surface area contributed by atoms with E-state index in [1.807, 2.05) is 0 Å². The van der Waals surface area contributed by atoms with Crippen molar-refractivity contribution in [2.75, 3.05) is 11.9 Å². The average molecular weight is 367 g/mol. The number of ether oxygens (including phenoxy) is 1. The van der Waals surface area contributed by atoms with Gasteiger partial charge in [-0.15, -0.1) is 11.3 Å². The molecular weight excluding hydrogens is 350 g/mol. The molecule has 0 fully saturated rings. The van der Waals surface area contributed by atoms with Crippen LogP contribution in [0.2, 0.25) is 0 Å². The van der Waals surface area contributed by atoms with Gasteiger partial charge in [-0.1, -0.05) is 0 Å². The number of Topliss-reactive ketones (excluding diaryl/α,β-unsaturated/α-hetero) is 1. The second-order valence-electron chi connectivity index (χ2n) is 6.19. The Morgan fingerprint density at radius 2 is 2.00 bits per heavy atom. The van der Waals surface area contributed by atoms with Crippen LogP contribution in [0, 0.1) is 0 Å². The number of nitrogens with zero attached hydrogens (tertiary/aromatic N) is 2. The van der Waals surface area contributed by atoms with Gasteiger partial charge in [-0.2, -0.15) is 0 Å². The first-order chi connectivity index (χ1) is 12.6. The third kappa shape index (κ3) is 3.17. The predicted octanol–water partition coefficient (Wildman–Crippen LogP) is 3.40. The van der Waals surface area contributed by atoms with Gasteiger partial charge in [0.25, 0.3) is 0 Å². The Bertz CT molecular complexity index is 995. The second-order valence-corrected chi connectivity index (χ2v) is 7.27. The summed E-state index contributed by atoms with van der Waals surface area (Å²) in [6.07, 6.45) is 4.72. The van der Waals surface area contributed by atoms with Gasteiger partial charge in [0, 0.05) is 23.1 Å². The van der Waals surface area contributed by atoms with Crippen molar-refractivity contribution in [2.45, 2.75) is 26.2 Å². The number of aryl methyl sites for hydroxylation is 2. The highest BCUT2D eigenvalue weighted by molar-refractivity contribution is 7.18. The van der Waals surface area contributed by atoms with E-state index in [1.54, 1.807) is 35.6 Å². The van der Waals surface area contributed by atoms with E-state index in [0.717, 1.165) is 29.5 Å². The fraction of sp³-hybridized carbons (Fsp3) is 0.263. The third-order valence-electron chi connectivity index (χ3n) is 4.33. The summed E-state index contributed by atoms with van der Waals surface area (Å²) < 4.78 is 5.75. The molecule has 7 heteroatoms. The zero-order valence-electron chi connectivity index (χ0n) is 14.2. The number of aromatic nitrogens is 2. The molecule has 0 radical (unpaired) electrons. The molecule has 0 atom stereocenters. The number of carbonyl (C=O) groups is 2. The smallest absolute Gasteiger partial charge is 0.226 e. The summed E-state index contributed by atoms with van der Waals surface area (Å²) in [6, 6.07) is 6.75. The average Bonchev–Trinajstić information content (AvgIpc) is 3.20. The zero-order chi connectivity index (χ0) is 18.1. The molecule has 0 bridgehead atoms. The first-order valence-corrected chi connectivity index (χ1v) is 9.22. The van der Waals surface area contributed by atoms with Gasteiger partial charge in [-0.3, -0.25) is 9.59 Å². The van der Waals surface area contributed by atoms with E-state index in [4.69, 9.17) is 4.74 Å². The van der Waals surface area contributed by atoms with Crippen LogP contribution in [0.15, 0.2) is 30.6 Å². The predicted molar refractivity (Wildman–Crippen MR) is 100 cm³/mol. The minimum Gasteiger partial charge on any atom is -0.469 e. The van der Waals surface area contributed by atoms with Crippen LogP contribution in [-0.4, -0.2) is 28.3 Å². The Morgan fingerprint density at radius 1 is 1.19 bits per heavy atom. The lowest BCUT2D eigenvalue weighted by atomic mass is 10.1. The van der Waals surface area contributed by atoms with Crippen LogP contribution in [0.3, 0.4) is 0 Å². The van der Waals surface area contributed by atoms with Gasteiger partial charge < -0.3 is 10.1 Å². The first kappa shape index (κ1) is 16.7. The molecule has 2 heterocycles. The Morgan fingerprint density at radius 3 is 2.77 bits per heavy atom. The molecule has 1 N–H and O–H groups in total. The molecular formula is C19H17N3O3S. The van der Waals surface area contributed by atoms with E-state index in [0.29, 0.717) is 17.1 Å². The summed E-state index contributed by atoms with van der Waals surface area (Å²) >= 11 is 1.69. The van der Waals surface area contributed by atoms with Crippen LogP contribution in [0.1, 0.15) is 34.1 Å². The van der Waals surface area contributed by atoms with Crippen LogP contribution >= 0.6 is 11.3 Å². The number of nitrogens with one attached hydrogen (secondary N) is 1. The van der Waals surface area contributed by atoms with E-state index >= 15 is 0 Å². The molecule has 3 aromatic rings. The minimum absolute atomic E-state index is 0.0871. The van der Waals surface area contributed by atoms with Crippen molar-refractivity contribution in [3.8, 4) is 5.88 Å². The topological polar surface area (TPSA) is 81.2 Å². The summed E-state index contributed by atoms with van der Waals surface area (Å²) in [7, 11) is 0. The molecule has 0 saturated heterocycles. The molecule has 0 spiro atoms. The quantitative estimate of drug-likeness (QED) is 0.699. The van der Waals surface area contributed by atoms with Crippen molar-refractivity contribution in [1.29, 1.82) is 0 Å². The summed E-state index contributed by atoms with van der Waals surface area (Å²) in [5.74, 6) is 0.194. The Hall–Kier alpha value is -2.80. The number of ketones is 1. The molecule has 1 aliphatic rings. The van der Waals surface area contributed by atoms with Gasteiger partial charge >= 0.3 is 0 Å². The highest BCUT2D eigenvalue weighted by atomic mass is 32.1. The monoisotopic (exact) mass is 367 g/mol. The van der Waals surface area contributed by atoms with E-state index in [-0.39, 0.29) is 18.3 Å². The lowest BCUT2D eigenvalue weighted by Gasteiger charge is -2.07. The number of thiophene rings is 1. The van der Waals surface area contributed by atoms with Crippen molar-refractivity contribution in [3.63, 3.8) is 0 Å². The zero-order valence-corrected chi connectivity index (χ0v) is 15.1. The third-order valence-corrected chi connectivity index (χ3v) is 5.53. The second kappa shape index (κ2) is 6.84. The van der Waals surface area contributed by atoms with Gasteiger partial charge in [0.2, 0.25) is 11.8 Å². The van der Waals surface area contributed by atoms with Gasteiger partial charge in [-0.05, 0) is 49.1 Å². The molecule has 2 aromatic heterocycles. The molecule has 1 aliphatic carbocycles. The normalized spacial score (nSPS) is 12.8. The lowest BCUT2D eigenvalue weighted by molar-refractivity contribution is -0.114. The SMILES string of the molecule is CC(=O)Nc1ccc(C(=O)COc2ncnc3sc4c(c23)CCC4)cc1. The maximum Gasteiger partial charge on any atom is 0.226 e. The van der Waals surface area contributed by atoms with Crippen molar-refractivity contribution < 1.29 is 14.3 Å². The van der Waals surface area contributed by atoms with Gasteiger partial charge in [0.15, 0.2) is 12.4 Å². The summed E-state index contributed by atoms with van der Waals surface area (Å²) in [4.78, 5) is 34.3. The fourth-order valence-corrected chi connectivity index (χ4v) is 4.39. The van der Waals surface area contributed by atoms with E-state index < -0.39 is 0 Å². The number of hydrogen-bond donors (Lipinski definition) is 1. The number of fused-ring (bicyclic) bond motifs is 3. The molecule has 4 rings (SSSR count). The Kier molecular flexibility index (Phi) is 4.38. The number of rotatable bonds is 5. The van der Waals surface area contributed by atoms with Crippen molar-refractivity contribution in [1.82, 2.24) is 9.97 Å². The molecule has 1 aromatic carbocycles. The number of anilines is 1. The van der Waals surface area contributed by atoms with Crippen LogP contribution in [0.5, 0.6) is 5.88 Å². The molecule has 0 saturated carbocycles. The lowest BCUT2D eigenvalue weighted by Crippen LogP contribution is -2.13. The molecule has 0 aliphatic heterocycles. The minimum atomic E-state index is -0.150. The molecule has 0 unspecified atom stereocenters. The summed E-state index contributed by atoms with van der Waals surface area (Å²) in [6.45, 7) is 1.35. The van der Waals surface area contributed by atoms with Crippen molar-refractivity contribution >= 4 is 38.9 Å². The van der Waals surface area contributed by atoms with Gasteiger partial charge in [-0.25, -0.2) is 9.97 Å². The fourth-order valence-electron chi connectivity index (χ4n) is 3.17. The molecule has 6 nitrogen and oxygen atoms in total. The Labute approximate surface area is 154 Å². The van der Waals surface area contributed by atoms with Gasteiger partial charge in [0.05, 0.1) is 5.39 Å². The highest BCUT2D eigenvalue weighted by Crippen LogP contribution is 2.39. The molecule has 1 amide bonds. The number of amides is 1. The van der Waals surface area contributed by atoms with Crippen LogP contribution < -0.4 is 10.1 Å². The number of carbonyl (C=O) groups excluding carboxylic acids is 2. The highest BCUT2D eigenvalue weighted by Gasteiger charge is 2.22.